The third-order valence-electron chi connectivity index (χ3n) is 5.82. The molecule has 1 unspecified atom stereocenters. The number of allylic oxidation sites excluding steroid dienone is 1. The predicted molar refractivity (Wildman–Crippen MR) is 144 cm³/mol. The number of hydrogen-bond donors (Lipinski definition) is 2. The Kier molecular flexibility index (Phi) is 6.69. The van der Waals surface area contributed by atoms with Crippen molar-refractivity contribution in [3.8, 4) is 0 Å². The molecule has 1 amide bonds. The van der Waals surface area contributed by atoms with Crippen molar-refractivity contribution in [3.05, 3.63) is 97.8 Å². The van der Waals surface area contributed by atoms with E-state index in [1.165, 1.54) is 11.8 Å². The fourth-order valence-corrected chi connectivity index (χ4v) is 6.21. The Hall–Kier alpha value is -3.07. The van der Waals surface area contributed by atoms with Gasteiger partial charge in [0.15, 0.2) is 0 Å². The molecule has 2 N–H and O–H groups in total. The highest BCUT2D eigenvalue weighted by molar-refractivity contribution is 7.98. The summed E-state index contributed by atoms with van der Waals surface area (Å²) in [5.41, 5.74) is 5.37. The van der Waals surface area contributed by atoms with E-state index in [9.17, 15) is 4.79 Å². The fraction of sp³-hybridized carbons (Fsp3) is 0.192. The highest BCUT2D eigenvalue weighted by Gasteiger charge is 2.36. The van der Waals surface area contributed by atoms with Crippen molar-refractivity contribution in [2.24, 2.45) is 0 Å². The second kappa shape index (κ2) is 9.89. The molecule has 9 heteroatoms. The molecule has 2 aromatic heterocycles. The van der Waals surface area contributed by atoms with Crippen molar-refractivity contribution in [2.75, 3.05) is 10.6 Å². The molecule has 1 aliphatic rings. The Bertz CT molecular complexity index is 1440. The van der Waals surface area contributed by atoms with Gasteiger partial charge in [-0.2, -0.15) is 4.98 Å². The summed E-state index contributed by atoms with van der Waals surface area (Å²) in [6.45, 7) is 5.97. The number of thiophene rings is 1. The van der Waals surface area contributed by atoms with Crippen LogP contribution in [0.25, 0.3) is 0 Å². The van der Waals surface area contributed by atoms with Crippen LogP contribution in [0.15, 0.2) is 76.4 Å². The molecule has 3 heterocycles. The molecule has 1 atom stereocenters. The first-order valence-electron chi connectivity index (χ1n) is 11.1. The molecule has 0 aliphatic carbocycles. The van der Waals surface area contributed by atoms with Crippen LogP contribution in [0.4, 0.5) is 11.6 Å². The number of thioether (sulfide) groups is 1. The molecule has 5 rings (SSSR count). The molecule has 0 fully saturated rings. The summed E-state index contributed by atoms with van der Waals surface area (Å²) in [6.07, 6.45) is 0. The first kappa shape index (κ1) is 23.7. The lowest BCUT2D eigenvalue weighted by atomic mass is 9.98. The van der Waals surface area contributed by atoms with Crippen molar-refractivity contribution in [1.29, 1.82) is 0 Å². The lowest BCUT2D eigenvalue weighted by molar-refractivity contribution is -0.113. The maximum atomic E-state index is 13.6. The van der Waals surface area contributed by atoms with E-state index in [0.29, 0.717) is 22.4 Å². The minimum absolute atomic E-state index is 0.162. The predicted octanol–water partition coefficient (Wildman–Crippen LogP) is 6.83. The SMILES string of the molecule is CC1=C(C(=O)Nc2cccc(C)c2)C(c2sccc2C)n2nc(SCc3ccccc3Cl)nc2N1. The standard InChI is InChI=1S/C26H24ClN5OS2/c1-15-7-6-9-19(13-15)29-24(33)21-17(3)28-25-30-26(35-14-18-8-4-5-10-20(18)27)31-32(25)22(21)23-16(2)11-12-34-23/h4-13,22H,14H2,1-3H3,(H,29,33)(H,28,30,31). The maximum absolute atomic E-state index is 13.6. The average molecular weight is 522 g/mol. The number of aryl methyl sites for hydroxylation is 2. The van der Waals surface area contributed by atoms with Gasteiger partial charge in [-0.05, 0) is 67.1 Å². The Morgan fingerprint density at radius 3 is 2.74 bits per heavy atom. The van der Waals surface area contributed by atoms with Crippen molar-refractivity contribution in [1.82, 2.24) is 14.8 Å². The maximum Gasteiger partial charge on any atom is 0.255 e. The zero-order valence-corrected chi connectivity index (χ0v) is 21.9. The molecule has 178 valence electrons. The van der Waals surface area contributed by atoms with Crippen LogP contribution in [0, 0.1) is 13.8 Å². The zero-order chi connectivity index (χ0) is 24.5. The summed E-state index contributed by atoms with van der Waals surface area (Å²) in [7, 11) is 0. The van der Waals surface area contributed by atoms with Crippen molar-refractivity contribution in [3.63, 3.8) is 0 Å². The number of halogens is 1. The molecule has 2 aromatic carbocycles. The van der Waals surface area contributed by atoms with Gasteiger partial charge in [0.05, 0.1) is 5.57 Å². The van der Waals surface area contributed by atoms with Crippen molar-refractivity contribution in [2.45, 2.75) is 37.7 Å². The number of carbonyl (C=O) groups is 1. The molecule has 0 saturated heterocycles. The van der Waals surface area contributed by atoms with Gasteiger partial charge in [0.2, 0.25) is 11.1 Å². The number of amides is 1. The van der Waals surface area contributed by atoms with Gasteiger partial charge >= 0.3 is 0 Å². The van der Waals surface area contributed by atoms with Gasteiger partial charge < -0.3 is 10.6 Å². The third-order valence-corrected chi connectivity index (χ3v) is 8.14. The first-order chi connectivity index (χ1) is 16.9. The number of nitrogens with zero attached hydrogens (tertiary/aromatic N) is 3. The summed E-state index contributed by atoms with van der Waals surface area (Å²) >= 11 is 9.46. The first-order valence-corrected chi connectivity index (χ1v) is 13.4. The Morgan fingerprint density at radius 2 is 2.00 bits per heavy atom. The minimum atomic E-state index is -0.377. The number of nitrogens with one attached hydrogen (secondary N) is 2. The lowest BCUT2D eigenvalue weighted by Crippen LogP contribution is -2.31. The van der Waals surface area contributed by atoms with Crippen LogP contribution in [0.3, 0.4) is 0 Å². The second-order valence-corrected chi connectivity index (χ2v) is 10.7. The van der Waals surface area contributed by atoms with E-state index in [0.717, 1.165) is 38.0 Å². The van der Waals surface area contributed by atoms with Crippen LogP contribution in [0.1, 0.15) is 34.5 Å². The number of benzene rings is 2. The number of carbonyl (C=O) groups excluding carboxylic acids is 1. The third kappa shape index (κ3) is 4.87. The molecule has 1 aliphatic heterocycles. The lowest BCUT2D eigenvalue weighted by Gasteiger charge is -2.28. The molecule has 0 spiro atoms. The number of hydrogen-bond acceptors (Lipinski definition) is 6. The zero-order valence-electron chi connectivity index (χ0n) is 19.5. The normalized spacial score (nSPS) is 15.0. The van der Waals surface area contributed by atoms with E-state index in [1.54, 1.807) is 11.3 Å². The molecule has 4 aromatic rings. The van der Waals surface area contributed by atoms with E-state index in [4.69, 9.17) is 21.7 Å². The van der Waals surface area contributed by atoms with Gasteiger partial charge in [0.1, 0.15) is 6.04 Å². The van der Waals surface area contributed by atoms with Crippen LogP contribution in [-0.2, 0) is 10.5 Å². The van der Waals surface area contributed by atoms with E-state index in [2.05, 4.69) is 23.6 Å². The molecule has 0 radical (unpaired) electrons. The smallest absolute Gasteiger partial charge is 0.255 e. The molecular formula is C26H24ClN5OS2. The molecule has 6 nitrogen and oxygen atoms in total. The Labute approximate surface area is 217 Å². The molecule has 35 heavy (non-hydrogen) atoms. The van der Waals surface area contributed by atoms with Gasteiger partial charge in [-0.1, -0.05) is 53.7 Å². The largest absolute Gasteiger partial charge is 0.328 e. The fourth-order valence-electron chi connectivity index (χ4n) is 4.07. The summed E-state index contributed by atoms with van der Waals surface area (Å²) < 4.78 is 1.83. The molecular weight excluding hydrogens is 498 g/mol. The van der Waals surface area contributed by atoms with E-state index >= 15 is 0 Å². The highest BCUT2D eigenvalue weighted by atomic mass is 35.5. The Balaban J connectivity index is 1.48. The van der Waals surface area contributed by atoms with Crippen molar-refractivity contribution < 1.29 is 4.79 Å². The van der Waals surface area contributed by atoms with Crippen LogP contribution in [-0.4, -0.2) is 20.7 Å². The highest BCUT2D eigenvalue weighted by Crippen LogP contribution is 2.40. The van der Waals surface area contributed by atoms with Gasteiger partial charge in [-0.15, -0.1) is 16.4 Å². The van der Waals surface area contributed by atoms with Gasteiger partial charge in [0.25, 0.3) is 5.91 Å². The van der Waals surface area contributed by atoms with Crippen LogP contribution < -0.4 is 10.6 Å². The number of fused-ring (bicyclic) bond motifs is 1. The quantitative estimate of drug-likeness (QED) is 0.272. The van der Waals surface area contributed by atoms with Crippen LogP contribution in [0.5, 0.6) is 0 Å². The monoisotopic (exact) mass is 521 g/mol. The number of anilines is 2. The minimum Gasteiger partial charge on any atom is -0.328 e. The summed E-state index contributed by atoms with van der Waals surface area (Å²) in [4.78, 5) is 19.4. The van der Waals surface area contributed by atoms with Gasteiger partial charge in [0, 0.05) is 27.0 Å². The van der Waals surface area contributed by atoms with E-state index in [1.807, 2.05) is 72.4 Å². The molecule has 0 bridgehead atoms. The topological polar surface area (TPSA) is 71.8 Å². The Morgan fingerprint density at radius 1 is 1.17 bits per heavy atom. The summed E-state index contributed by atoms with van der Waals surface area (Å²) in [5, 5.41) is 14.6. The van der Waals surface area contributed by atoms with E-state index < -0.39 is 0 Å². The molecule has 0 saturated carbocycles. The van der Waals surface area contributed by atoms with Crippen LogP contribution in [0.2, 0.25) is 5.02 Å². The van der Waals surface area contributed by atoms with E-state index in [-0.39, 0.29) is 11.9 Å². The summed E-state index contributed by atoms with van der Waals surface area (Å²) in [5.74, 6) is 1.11. The average Bonchev–Trinajstić information content (AvgIpc) is 3.43. The second-order valence-electron chi connectivity index (χ2n) is 8.40. The van der Waals surface area contributed by atoms with Gasteiger partial charge in [-0.3, -0.25) is 4.79 Å². The number of rotatable bonds is 6. The van der Waals surface area contributed by atoms with Crippen molar-refractivity contribution >= 4 is 52.2 Å². The van der Waals surface area contributed by atoms with Crippen LogP contribution >= 0.6 is 34.7 Å². The summed E-state index contributed by atoms with van der Waals surface area (Å²) in [6, 6.07) is 17.3. The van der Waals surface area contributed by atoms with Gasteiger partial charge in [-0.25, -0.2) is 4.68 Å². The number of aromatic nitrogens is 3.